The Balaban J connectivity index is 1.73. The summed E-state index contributed by atoms with van der Waals surface area (Å²) < 4.78 is 71.1. The maximum absolute atomic E-state index is 15.2. The lowest BCUT2D eigenvalue weighted by Crippen LogP contribution is -2.45. The van der Waals surface area contributed by atoms with Gasteiger partial charge in [-0.1, -0.05) is 0 Å². The molecule has 0 aliphatic carbocycles. The summed E-state index contributed by atoms with van der Waals surface area (Å²) in [5, 5.41) is 2.49. The highest BCUT2D eigenvalue weighted by Crippen LogP contribution is 2.36. The average molecular weight is 593 g/mol. The van der Waals surface area contributed by atoms with Crippen molar-refractivity contribution in [1.29, 1.82) is 0 Å². The summed E-state index contributed by atoms with van der Waals surface area (Å²) in [6, 6.07) is 7.34. The van der Waals surface area contributed by atoms with E-state index in [4.69, 9.17) is 15.2 Å². The Hall–Kier alpha value is -4.43. The number of hydrogen-bond acceptors (Lipinski definition) is 7. The number of carbonyl (C=O) groups is 2. The van der Waals surface area contributed by atoms with E-state index in [1.807, 2.05) is 0 Å². The largest absolute Gasteiger partial charge is 0.497 e. The van der Waals surface area contributed by atoms with Crippen molar-refractivity contribution in [3.05, 3.63) is 87.8 Å². The number of ether oxygens (including phenoxy) is 3. The van der Waals surface area contributed by atoms with Crippen molar-refractivity contribution in [1.82, 2.24) is 9.88 Å². The van der Waals surface area contributed by atoms with E-state index in [1.54, 1.807) is 0 Å². The number of halogens is 4. The summed E-state index contributed by atoms with van der Waals surface area (Å²) in [7, 11) is 2.67. The number of benzene rings is 2. The van der Waals surface area contributed by atoms with E-state index in [2.05, 4.69) is 10.1 Å². The van der Waals surface area contributed by atoms with Crippen molar-refractivity contribution >= 4 is 17.5 Å². The predicted octanol–water partition coefficient (Wildman–Crippen LogP) is 2.81. The zero-order valence-corrected chi connectivity index (χ0v) is 22.6. The molecule has 1 fully saturated rings. The van der Waals surface area contributed by atoms with Crippen LogP contribution in [0.25, 0.3) is 0 Å². The fraction of sp³-hybridized carbons (Fsp3) is 0.321. The Morgan fingerprint density at radius 2 is 1.74 bits per heavy atom. The number of alkyl halides is 2. The number of pyridine rings is 1. The summed E-state index contributed by atoms with van der Waals surface area (Å²) in [4.78, 5) is 41.4. The molecule has 42 heavy (non-hydrogen) atoms. The van der Waals surface area contributed by atoms with Crippen LogP contribution in [0.3, 0.4) is 0 Å². The summed E-state index contributed by atoms with van der Waals surface area (Å²) in [5.74, 6) is -5.24. The number of hydrogen-bond donors (Lipinski definition) is 2. The van der Waals surface area contributed by atoms with Crippen molar-refractivity contribution in [3.8, 4) is 11.5 Å². The van der Waals surface area contributed by atoms with Crippen molar-refractivity contribution in [2.75, 3.05) is 38.8 Å². The van der Waals surface area contributed by atoms with Gasteiger partial charge in [0.25, 0.3) is 11.5 Å². The second-order valence-corrected chi connectivity index (χ2v) is 9.36. The van der Waals surface area contributed by atoms with Gasteiger partial charge in [0.15, 0.2) is 0 Å². The van der Waals surface area contributed by atoms with Gasteiger partial charge in [0.1, 0.15) is 34.9 Å². The number of amides is 2. The normalized spacial score (nSPS) is 17.4. The van der Waals surface area contributed by atoms with E-state index in [9.17, 15) is 23.2 Å². The Kier molecular flexibility index (Phi) is 9.48. The molecule has 10 nitrogen and oxygen atoms in total. The van der Waals surface area contributed by atoms with E-state index in [0.717, 1.165) is 29.2 Å². The molecule has 2 aromatic carbocycles. The predicted molar refractivity (Wildman–Crippen MR) is 143 cm³/mol. The first-order valence-electron chi connectivity index (χ1n) is 12.7. The van der Waals surface area contributed by atoms with E-state index in [-0.39, 0.29) is 42.4 Å². The highest BCUT2D eigenvalue weighted by molar-refractivity contribution is 6.05. The first-order valence-corrected chi connectivity index (χ1v) is 12.7. The minimum Gasteiger partial charge on any atom is -0.497 e. The second-order valence-electron chi connectivity index (χ2n) is 9.36. The lowest BCUT2D eigenvalue weighted by atomic mass is 9.92. The molecule has 4 rings (SSSR count). The van der Waals surface area contributed by atoms with Gasteiger partial charge in [-0.3, -0.25) is 14.4 Å². The Labute approximate surface area is 237 Å². The fourth-order valence-electron chi connectivity index (χ4n) is 4.86. The molecular weight excluding hydrogens is 564 g/mol. The molecule has 3 N–H and O–H groups in total. The highest BCUT2D eigenvalue weighted by Gasteiger charge is 2.46. The van der Waals surface area contributed by atoms with E-state index >= 15 is 8.78 Å². The lowest BCUT2D eigenvalue weighted by molar-refractivity contribution is -0.118. The summed E-state index contributed by atoms with van der Waals surface area (Å²) in [6.45, 7) is -3.27. The Bertz CT molecular complexity index is 1480. The van der Waals surface area contributed by atoms with E-state index < -0.39 is 59.2 Å². The molecule has 224 valence electrons. The van der Waals surface area contributed by atoms with Gasteiger partial charge in [0.05, 0.1) is 19.8 Å². The smallest absolute Gasteiger partial charge is 0.387 e. The quantitative estimate of drug-likeness (QED) is 0.328. The van der Waals surface area contributed by atoms with Crippen LogP contribution >= 0.6 is 0 Å². The SMILES string of the molecule is COCC(CN)n1cccc(N2C[C@@H](c3c(F)cc(OC)cc3F)[C@H](NC(=O)c3ccc(OC(F)F)cc3)C2=O)c1=O. The molecule has 0 bridgehead atoms. The van der Waals surface area contributed by atoms with Gasteiger partial charge >= 0.3 is 6.61 Å². The number of nitrogens with two attached hydrogens (primary N) is 1. The van der Waals surface area contributed by atoms with Crippen molar-refractivity contribution in [2.45, 2.75) is 24.6 Å². The summed E-state index contributed by atoms with van der Waals surface area (Å²) in [5.41, 5.74) is 4.58. The molecule has 1 aliphatic rings. The van der Waals surface area contributed by atoms with Crippen LogP contribution in [0.5, 0.6) is 11.5 Å². The molecule has 1 saturated heterocycles. The van der Waals surface area contributed by atoms with Crippen LogP contribution in [0.2, 0.25) is 0 Å². The number of nitrogens with one attached hydrogen (secondary N) is 1. The van der Waals surface area contributed by atoms with Gasteiger partial charge in [-0.15, -0.1) is 0 Å². The molecular formula is C28H28F4N4O6. The first-order chi connectivity index (χ1) is 20.1. The van der Waals surface area contributed by atoms with Crippen molar-refractivity contribution in [3.63, 3.8) is 0 Å². The topological polar surface area (TPSA) is 125 Å². The van der Waals surface area contributed by atoms with E-state index in [1.165, 1.54) is 49.2 Å². The van der Waals surface area contributed by atoms with Gasteiger partial charge in [0.2, 0.25) is 5.91 Å². The summed E-state index contributed by atoms with van der Waals surface area (Å²) in [6.07, 6.45) is 1.48. The molecule has 0 radical (unpaired) electrons. The molecule has 14 heteroatoms. The maximum atomic E-state index is 15.2. The van der Waals surface area contributed by atoms with Crippen LogP contribution in [-0.4, -0.2) is 63.0 Å². The molecule has 0 saturated carbocycles. The van der Waals surface area contributed by atoms with Crippen molar-refractivity contribution < 1.29 is 41.4 Å². The Morgan fingerprint density at radius 3 is 2.31 bits per heavy atom. The van der Waals surface area contributed by atoms with Gasteiger partial charge in [-0.2, -0.15) is 8.78 Å². The molecule has 1 aliphatic heterocycles. The van der Waals surface area contributed by atoms with Crippen molar-refractivity contribution in [2.24, 2.45) is 5.73 Å². The number of carbonyl (C=O) groups excluding carboxylic acids is 2. The third kappa shape index (κ3) is 6.24. The number of nitrogens with zero attached hydrogens (tertiary/aromatic N) is 2. The molecule has 2 amide bonds. The van der Waals surface area contributed by atoms with Gasteiger partial charge in [0, 0.05) is 55.6 Å². The van der Waals surface area contributed by atoms with Crippen LogP contribution < -0.4 is 31.0 Å². The van der Waals surface area contributed by atoms with Crippen LogP contribution in [0, 0.1) is 11.6 Å². The monoisotopic (exact) mass is 592 g/mol. The number of anilines is 1. The number of methoxy groups -OCH3 is 2. The van der Waals surface area contributed by atoms with E-state index in [0.29, 0.717) is 0 Å². The highest BCUT2D eigenvalue weighted by atomic mass is 19.3. The third-order valence-corrected chi connectivity index (χ3v) is 6.87. The minimum atomic E-state index is -3.07. The molecule has 2 heterocycles. The summed E-state index contributed by atoms with van der Waals surface area (Å²) >= 11 is 0. The maximum Gasteiger partial charge on any atom is 0.387 e. The molecule has 0 spiro atoms. The van der Waals surface area contributed by atoms with Crippen LogP contribution in [0.15, 0.2) is 59.5 Å². The standard InChI is InChI=1S/C28H28F4N4O6/c1-40-14-16(12-33)35-9-3-4-22(26(35)38)36-13-19(23-20(29)10-18(41-2)11-21(23)30)24(27(36)39)34-25(37)15-5-7-17(8-6-15)42-28(31)32/h3-11,16,19,24,28H,12-14,33H2,1-2H3,(H,34,37)/t16?,19-,24-/m0/s1. The fourth-order valence-corrected chi connectivity index (χ4v) is 4.86. The minimum absolute atomic E-state index is 0.0373. The number of rotatable bonds is 11. The lowest BCUT2D eigenvalue weighted by Gasteiger charge is -2.21. The zero-order valence-electron chi connectivity index (χ0n) is 22.6. The molecule has 3 atom stereocenters. The Morgan fingerprint density at radius 1 is 1.07 bits per heavy atom. The van der Waals surface area contributed by atoms with Gasteiger partial charge in [-0.05, 0) is 36.4 Å². The molecule has 1 aromatic heterocycles. The van der Waals surface area contributed by atoms with Crippen LogP contribution in [0.4, 0.5) is 23.2 Å². The average Bonchev–Trinajstić information content (AvgIpc) is 3.26. The van der Waals surface area contributed by atoms with Gasteiger partial charge < -0.3 is 34.7 Å². The van der Waals surface area contributed by atoms with Crippen LogP contribution in [-0.2, 0) is 9.53 Å². The zero-order chi connectivity index (χ0) is 30.6. The van der Waals surface area contributed by atoms with Gasteiger partial charge in [-0.25, -0.2) is 8.78 Å². The molecule has 1 unspecified atom stereocenters. The third-order valence-electron chi connectivity index (χ3n) is 6.87. The number of aromatic nitrogens is 1. The first kappa shape index (κ1) is 30.5. The van der Waals surface area contributed by atoms with Crippen LogP contribution in [0.1, 0.15) is 27.9 Å². The molecule has 3 aromatic rings. The second kappa shape index (κ2) is 13.0.